The zero-order chi connectivity index (χ0) is 14.8. The summed E-state index contributed by atoms with van der Waals surface area (Å²) in [6, 6.07) is 6.78. The van der Waals surface area contributed by atoms with Crippen LogP contribution in [0, 0.1) is 6.92 Å². The lowest BCUT2D eigenvalue weighted by Crippen LogP contribution is -2.51. The molecule has 1 N–H and O–H groups in total. The molecule has 20 heavy (non-hydrogen) atoms. The number of aryl methyl sites for hydroxylation is 1. The molecule has 0 amide bonds. The molecule has 3 nitrogen and oxygen atoms in total. The van der Waals surface area contributed by atoms with E-state index >= 15 is 0 Å². The van der Waals surface area contributed by atoms with Gasteiger partial charge in [-0.3, -0.25) is 0 Å². The highest BCUT2D eigenvalue weighted by Crippen LogP contribution is 2.45. The Kier molecular flexibility index (Phi) is 4.71. The Hall–Kier alpha value is -1.06. The van der Waals surface area contributed by atoms with Gasteiger partial charge in [0, 0.05) is 11.1 Å². The predicted molar refractivity (Wildman–Crippen MR) is 84.4 cm³/mol. The smallest absolute Gasteiger partial charge is 0.123 e. The van der Waals surface area contributed by atoms with E-state index in [1.807, 2.05) is 0 Å². The van der Waals surface area contributed by atoms with Gasteiger partial charge in [0.2, 0.25) is 0 Å². The minimum Gasteiger partial charge on any atom is -0.496 e. The zero-order valence-corrected chi connectivity index (χ0v) is 13.5. The van der Waals surface area contributed by atoms with Crippen molar-refractivity contribution >= 4 is 0 Å². The molecular formula is C17H28N2O. The summed E-state index contributed by atoms with van der Waals surface area (Å²) in [5.74, 6) is 0.989. The number of hydrogen-bond donors (Lipinski definition) is 1. The monoisotopic (exact) mass is 276 g/mol. The Morgan fingerprint density at radius 1 is 1.25 bits per heavy atom. The molecule has 0 aromatic heterocycles. The third-order valence-electron chi connectivity index (χ3n) is 4.88. The van der Waals surface area contributed by atoms with Gasteiger partial charge in [0.15, 0.2) is 0 Å². The number of nitrogens with zero attached hydrogens (tertiary/aromatic N) is 1. The SMILES string of the molecule is CNC(c1cc(C)ccc1OC)C1(N(C)C)CCCC1. The number of hydrogen-bond acceptors (Lipinski definition) is 3. The van der Waals surface area contributed by atoms with Crippen LogP contribution in [0.15, 0.2) is 18.2 Å². The van der Waals surface area contributed by atoms with Crippen LogP contribution in [0.4, 0.5) is 0 Å². The number of methoxy groups -OCH3 is 1. The van der Waals surface area contributed by atoms with Crippen LogP contribution in [0.1, 0.15) is 42.9 Å². The van der Waals surface area contributed by atoms with Crippen LogP contribution >= 0.6 is 0 Å². The number of likely N-dealkylation sites (N-methyl/N-ethyl adjacent to an activating group) is 2. The number of benzene rings is 1. The molecule has 0 spiro atoms. The summed E-state index contributed by atoms with van der Waals surface area (Å²) < 4.78 is 5.61. The van der Waals surface area contributed by atoms with Gasteiger partial charge in [-0.25, -0.2) is 0 Å². The van der Waals surface area contributed by atoms with Crippen molar-refractivity contribution in [2.75, 3.05) is 28.3 Å². The van der Waals surface area contributed by atoms with Crippen molar-refractivity contribution in [3.8, 4) is 5.75 Å². The molecule has 1 aromatic carbocycles. The Labute approximate surface area is 123 Å². The first kappa shape index (κ1) is 15.3. The van der Waals surface area contributed by atoms with Crippen molar-refractivity contribution in [3.05, 3.63) is 29.3 Å². The van der Waals surface area contributed by atoms with Crippen LogP contribution in [0.3, 0.4) is 0 Å². The molecule has 0 aliphatic heterocycles. The van der Waals surface area contributed by atoms with E-state index in [2.05, 4.69) is 56.5 Å². The van der Waals surface area contributed by atoms with Gasteiger partial charge in [-0.05, 0) is 47.0 Å². The molecule has 0 saturated heterocycles. The van der Waals surface area contributed by atoms with Crippen LogP contribution in [0.25, 0.3) is 0 Å². The first-order valence-corrected chi connectivity index (χ1v) is 7.54. The van der Waals surface area contributed by atoms with E-state index in [4.69, 9.17) is 4.74 Å². The van der Waals surface area contributed by atoms with Crippen molar-refractivity contribution in [1.82, 2.24) is 10.2 Å². The fourth-order valence-corrected chi connectivity index (χ4v) is 3.77. The van der Waals surface area contributed by atoms with E-state index in [1.54, 1.807) is 7.11 Å². The molecule has 1 atom stereocenters. The summed E-state index contributed by atoms with van der Waals surface area (Å²) in [4.78, 5) is 2.41. The molecule has 0 bridgehead atoms. The van der Waals surface area contributed by atoms with Crippen molar-refractivity contribution in [2.24, 2.45) is 0 Å². The van der Waals surface area contributed by atoms with E-state index in [-0.39, 0.29) is 5.54 Å². The van der Waals surface area contributed by atoms with E-state index in [0.717, 1.165) is 5.75 Å². The summed E-state index contributed by atoms with van der Waals surface area (Å²) in [6.07, 6.45) is 5.10. The molecule has 1 saturated carbocycles. The quantitative estimate of drug-likeness (QED) is 0.894. The normalized spacial score (nSPS) is 19.3. The van der Waals surface area contributed by atoms with Crippen molar-refractivity contribution in [1.29, 1.82) is 0 Å². The summed E-state index contributed by atoms with van der Waals surface area (Å²) >= 11 is 0. The van der Waals surface area contributed by atoms with Gasteiger partial charge in [-0.1, -0.05) is 30.5 Å². The van der Waals surface area contributed by atoms with Crippen molar-refractivity contribution in [2.45, 2.75) is 44.2 Å². The number of nitrogens with one attached hydrogen (secondary N) is 1. The molecule has 112 valence electrons. The molecule has 3 heteroatoms. The molecular weight excluding hydrogens is 248 g/mol. The van der Waals surface area contributed by atoms with Gasteiger partial charge in [0.05, 0.1) is 13.2 Å². The predicted octanol–water partition coefficient (Wildman–Crippen LogP) is 3.14. The molecule has 0 radical (unpaired) electrons. The average molecular weight is 276 g/mol. The highest BCUT2D eigenvalue weighted by atomic mass is 16.5. The second-order valence-electron chi connectivity index (χ2n) is 6.17. The minimum absolute atomic E-state index is 0.190. The van der Waals surface area contributed by atoms with E-state index < -0.39 is 0 Å². The lowest BCUT2D eigenvalue weighted by atomic mass is 9.81. The first-order chi connectivity index (χ1) is 9.55. The van der Waals surface area contributed by atoms with E-state index in [9.17, 15) is 0 Å². The highest BCUT2D eigenvalue weighted by Gasteiger charge is 2.44. The van der Waals surface area contributed by atoms with Gasteiger partial charge >= 0.3 is 0 Å². The summed E-state index contributed by atoms with van der Waals surface area (Å²) in [5.41, 5.74) is 2.76. The molecule has 1 aromatic rings. The third kappa shape index (κ3) is 2.57. The van der Waals surface area contributed by atoms with Gasteiger partial charge in [-0.2, -0.15) is 0 Å². The van der Waals surface area contributed by atoms with Crippen LogP contribution in [-0.4, -0.2) is 38.7 Å². The fourth-order valence-electron chi connectivity index (χ4n) is 3.77. The maximum absolute atomic E-state index is 5.61. The summed E-state index contributed by atoms with van der Waals surface area (Å²) in [5, 5.41) is 3.56. The second kappa shape index (κ2) is 6.15. The van der Waals surface area contributed by atoms with Gasteiger partial charge in [0.1, 0.15) is 5.75 Å². The van der Waals surface area contributed by atoms with Gasteiger partial charge < -0.3 is 15.0 Å². The largest absolute Gasteiger partial charge is 0.496 e. The lowest BCUT2D eigenvalue weighted by Gasteiger charge is -2.44. The standard InChI is InChI=1S/C17H28N2O/c1-13-8-9-15(20-5)14(12-13)16(18-2)17(19(3)4)10-6-7-11-17/h8-9,12,16,18H,6-7,10-11H2,1-5H3. The minimum atomic E-state index is 0.190. The lowest BCUT2D eigenvalue weighted by molar-refractivity contribution is 0.107. The maximum Gasteiger partial charge on any atom is 0.123 e. The first-order valence-electron chi connectivity index (χ1n) is 7.54. The highest BCUT2D eigenvalue weighted by molar-refractivity contribution is 5.41. The Morgan fingerprint density at radius 2 is 1.90 bits per heavy atom. The fraction of sp³-hybridized carbons (Fsp3) is 0.647. The molecule has 1 unspecified atom stereocenters. The zero-order valence-electron chi connectivity index (χ0n) is 13.5. The van der Waals surface area contributed by atoms with Crippen molar-refractivity contribution < 1.29 is 4.74 Å². The molecule has 1 fully saturated rings. The second-order valence-corrected chi connectivity index (χ2v) is 6.17. The van der Waals surface area contributed by atoms with Crippen LogP contribution in [-0.2, 0) is 0 Å². The van der Waals surface area contributed by atoms with Crippen LogP contribution in [0.2, 0.25) is 0 Å². The number of rotatable bonds is 5. The average Bonchev–Trinajstić information content (AvgIpc) is 2.91. The van der Waals surface area contributed by atoms with E-state index in [0.29, 0.717) is 6.04 Å². The summed E-state index contributed by atoms with van der Waals surface area (Å²) in [6.45, 7) is 2.15. The van der Waals surface area contributed by atoms with Crippen molar-refractivity contribution in [3.63, 3.8) is 0 Å². The Bertz CT molecular complexity index is 450. The number of ether oxygens (including phenoxy) is 1. The Morgan fingerprint density at radius 3 is 2.40 bits per heavy atom. The van der Waals surface area contributed by atoms with Crippen LogP contribution in [0.5, 0.6) is 5.75 Å². The van der Waals surface area contributed by atoms with Crippen LogP contribution < -0.4 is 10.1 Å². The Balaban J connectivity index is 2.48. The van der Waals surface area contributed by atoms with Gasteiger partial charge in [0.25, 0.3) is 0 Å². The molecule has 2 rings (SSSR count). The topological polar surface area (TPSA) is 24.5 Å². The maximum atomic E-state index is 5.61. The third-order valence-corrected chi connectivity index (χ3v) is 4.88. The molecule has 1 aliphatic carbocycles. The van der Waals surface area contributed by atoms with Gasteiger partial charge in [-0.15, -0.1) is 0 Å². The van der Waals surface area contributed by atoms with E-state index in [1.165, 1.54) is 36.8 Å². The molecule has 0 heterocycles. The molecule has 1 aliphatic rings. The summed E-state index contributed by atoms with van der Waals surface area (Å²) in [7, 11) is 8.24.